The van der Waals surface area contributed by atoms with Crippen LogP contribution in [0.4, 0.5) is 0 Å². The van der Waals surface area contributed by atoms with Crippen LogP contribution in [0.5, 0.6) is 5.75 Å². The van der Waals surface area contributed by atoms with E-state index in [0.29, 0.717) is 10.4 Å². The summed E-state index contributed by atoms with van der Waals surface area (Å²) in [6, 6.07) is 11.4. The average molecular weight is 350 g/mol. The highest BCUT2D eigenvalue weighted by Crippen LogP contribution is 2.34. The van der Waals surface area contributed by atoms with Crippen LogP contribution in [-0.2, 0) is 0 Å². The molecule has 1 aromatic heterocycles. The zero-order valence-corrected chi connectivity index (χ0v) is 13.3. The Morgan fingerprint density at radius 2 is 2.24 bits per heavy atom. The van der Waals surface area contributed by atoms with E-state index in [1.807, 2.05) is 29.2 Å². The summed E-state index contributed by atoms with van der Waals surface area (Å²) in [6.45, 7) is 0.749. The molecule has 0 aliphatic carbocycles. The molecule has 1 saturated heterocycles. The highest BCUT2D eigenvalue weighted by Gasteiger charge is 2.32. The Morgan fingerprint density at radius 3 is 2.95 bits per heavy atom. The number of hydrogen-bond acceptors (Lipinski definition) is 3. The van der Waals surface area contributed by atoms with Crippen LogP contribution >= 0.6 is 15.9 Å². The molecule has 21 heavy (non-hydrogen) atoms. The van der Waals surface area contributed by atoms with Gasteiger partial charge in [0.05, 0.1) is 13.2 Å². The maximum Gasteiger partial charge on any atom is 0.290 e. The molecule has 2 aromatic rings. The van der Waals surface area contributed by atoms with Crippen LogP contribution in [0.25, 0.3) is 0 Å². The minimum absolute atomic E-state index is 0.0639. The molecule has 1 fully saturated rings. The number of furan rings is 1. The zero-order valence-electron chi connectivity index (χ0n) is 11.7. The monoisotopic (exact) mass is 349 g/mol. The number of hydrogen-bond donors (Lipinski definition) is 0. The standard InChI is InChI=1S/C16H16BrNO3/c1-20-12-5-2-4-11(10-12)13-6-3-9-18(13)16(19)14-7-8-15(17)21-14/h2,4-5,7-8,10,13H,3,6,9H2,1H3. The lowest BCUT2D eigenvalue weighted by atomic mass is 10.0. The van der Waals surface area contributed by atoms with Crippen LogP contribution in [0.2, 0.25) is 0 Å². The second-order valence-electron chi connectivity index (χ2n) is 5.04. The second-order valence-corrected chi connectivity index (χ2v) is 5.82. The van der Waals surface area contributed by atoms with Gasteiger partial charge in [0.25, 0.3) is 5.91 Å². The van der Waals surface area contributed by atoms with Gasteiger partial charge < -0.3 is 14.1 Å². The van der Waals surface area contributed by atoms with Crippen molar-refractivity contribution >= 4 is 21.8 Å². The number of methoxy groups -OCH3 is 1. The Labute approximate surface area is 131 Å². The molecule has 0 radical (unpaired) electrons. The van der Waals surface area contributed by atoms with E-state index in [2.05, 4.69) is 15.9 Å². The number of carbonyl (C=O) groups is 1. The lowest BCUT2D eigenvalue weighted by Crippen LogP contribution is -2.30. The third-order valence-corrected chi connectivity index (χ3v) is 4.20. The van der Waals surface area contributed by atoms with Crippen molar-refractivity contribution in [1.82, 2.24) is 4.90 Å². The van der Waals surface area contributed by atoms with Crippen LogP contribution < -0.4 is 4.74 Å². The number of halogens is 1. The van der Waals surface area contributed by atoms with Crippen molar-refractivity contribution in [3.8, 4) is 5.75 Å². The van der Waals surface area contributed by atoms with E-state index in [1.165, 1.54) is 0 Å². The molecule has 5 heteroatoms. The minimum Gasteiger partial charge on any atom is -0.497 e. The first-order valence-corrected chi connectivity index (χ1v) is 7.68. The molecule has 1 aliphatic heterocycles. The molecule has 0 saturated carbocycles. The maximum atomic E-state index is 12.6. The SMILES string of the molecule is COc1cccc(C2CCCN2C(=O)c2ccc(Br)o2)c1. The third-order valence-electron chi connectivity index (χ3n) is 3.78. The fourth-order valence-corrected chi connectivity index (χ4v) is 3.08. The molecule has 3 rings (SSSR count). The van der Waals surface area contributed by atoms with Gasteiger partial charge in [-0.25, -0.2) is 0 Å². The molecule has 0 N–H and O–H groups in total. The van der Waals surface area contributed by atoms with Gasteiger partial charge in [-0.15, -0.1) is 0 Å². The lowest BCUT2D eigenvalue weighted by Gasteiger charge is -2.24. The molecule has 1 unspecified atom stereocenters. The summed E-state index contributed by atoms with van der Waals surface area (Å²) in [5.41, 5.74) is 1.10. The Balaban J connectivity index is 1.86. The number of ether oxygens (including phenoxy) is 1. The van der Waals surface area contributed by atoms with E-state index in [-0.39, 0.29) is 11.9 Å². The number of rotatable bonds is 3. The normalized spacial score (nSPS) is 18.0. The summed E-state index contributed by atoms with van der Waals surface area (Å²) in [6.07, 6.45) is 1.95. The molecule has 110 valence electrons. The number of carbonyl (C=O) groups excluding carboxylic acids is 1. The van der Waals surface area contributed by atoms with Crippen molar-refractivity contribution in [2.75, 3.05) is 13.7 Å². The largest absolute Gasteiger partial charge is 0.497 e. The molecule has 2 heterocycles. The van der Waals surface area contributed by atoms with Crippen molar-refractivity contribution in [2.24, 2.45) is 0 Å². The van der Waals surface area contributed by atoms with Crippen molar-refractivity contribution < 1.29 is 13.9 Å². The summed E-state index contributed by atoms with van der Waals surface area (Å²) < 4.78 is 11.2. The van der Waals surface area contributed by atoms with Gasteiger partial charge in [-0.3, -0.25) is 4.79 Å². The second kappa shape index (κ2) is 5.93. The number of nitrogens with zero attached hydrogens (tertiary/aromatic N) is 1. The smallest absolute Gasteiger partial charge is 0.290 e. The summed E-state index contributed by atoms with van der Waals surface area (Å²) in [5.74, 6) is 1.12. The van der Waals surface area contributed by atoms with Crippen LogP contribution in [0.15, 0.2) is 45.5 Å². The third kappa shape index (κ3) is 2.83. The van der Waals surface area contributed by atoms with Gasteiger partial charge in [0.15, 0.2) is 10.4 Å². The molecule has 0 spiro atoms. The van der Waals surface area contributed by atoms with Crippen molar-refractivity contribution in [1.29, 1.82) is 0 Å². The fraction of sp³-hybridized carbons (Fsp3) is 0.312. The number of likely N-dealkylation sites (tertiary alicyclic amines) is 1. The van der Waals surface area contributed by atoms with Crippen LogP contribution in [0.3, 0.4) is 0 Å². The van der Waals surface area contributed by atoms with E-state index in [1.54, 1.807) is 19.2 Å². The van der Waals surface area contributed by atoms with E-state index >= 15 is 0 Å². The molecule has 1 amide bonds. The quantitative estimate of drug-likeness (QED) is 0.840. The van der Waals surface area contributed by atoms with E-state index in [0.717, 1.165) is 30.7 Å². The number of benzene rings is 1. The van der Waals surface area contributed by atoms with Gasteiger partial charge in [0.2, 0.25) is 0 Å². The predicted octanol–water partition coefficient (Wildman–Crippen LogP) is 4.03. The molecule has 1 aromatic carbocycles. The van der Waals surface area contributed by atoms with E-state index in [9.17, 15) is 4.79 Å². The molecular formula is C16H16BrNO3. The average Bonchev–Trinajstić information content (AvgIpc) is 3.15. The van der Waals surface area contributed by atoms with Crippen LogP contribution in [0, 0.1) is 0 Å². The number of amides is 1. The molecule has 4 nitrogen and oxygen atoms in total. The van der Waals surface area contributed by atoms with Crippen LogP contribution in [-0.4, -0.2) is 24.5 Å². The molecule has 0 bridgehead atoms. The zero-order chi connectivity index (χ0) is 14.8. The van der Waals surface area contributed by atoms with Gasteiger partial charge in [-0.2, -0.15) is 0 Å². The summed E-state index contributed by atoms with van der Waals surface area (Å²) in [7, 11) is 1.65. The van der Waals surface area contributed by atoms with Gasteiger partial charge in [0, 0.05) is 6.54 Å². The highest BCUT2D eigenvalue weighted by molar-refractivity contribution is 9.10. The van der Waals surface area contributed by atoms with Crippen LogP contribution in [0.1, 0.15) is 35.0 Å². The predicted molar refractivity (Wildman–Crippen MR) is 82.4 cm³/mol. The first-order valence-electron chi connectivity index (χ1n) is 6.89. The minimum atomic E-state index is -0.0639. The van der Waals surface area contributed by atoms with Gasteiger partial charge in [-0.1, -0.05) is 12.1 Å². The summed E-state index contributed by atoms with van der Waals surface area (Å²) >= 11 is 3.23. The summed E-state index contributed by atoms with van der Waals surface area (Å²) in [4.78, 5) is 14.5. The Bertz CT molecular complexity index is 652. The maximum absolute atomic E-state index is 12.6. The lowest BCUT2D eigenvalue weighted by molar-refractivity contribution is 0.0701. The fourth-order valence-electron chi connectivity index (χ4n) is 2.78. The van der Waals surface area contributed by atoms with Gasteiger partial charge >= 0.3 is 0 Å². The first kappa shape index (κ1) is 14.2. The molecule has 1 aliphatic rings. The Morgan fingerprint density at radius 1 is 1.38 bits per heavy atom. The molecular weight excluding hydrogens is 334 g/mol. The van der Waals surface area contributed by atoms with Gasteiger partial charge in [-0.05, 0) is 58.6 Å². The Kier molecular flexibility index (Phi) is 4.01. The summed E-state index contributed by atoms with van der Waals surface area (Å²) in [5, 5.41) is 0. The topological polar surface area (TPSA) is 42.7 Å². The Hall–Kier alpha value is -1.75. The molecule has 1 atom stereocenters. The van der Waals surface area contributed by atoms with E-state index in [4.69, 9.17) is 9.15 Å². The first-order chi connectivity index (χ1) is 10.2. The highest BCUT2D eigenvalue weighted by atomic mass is 79.9. The van der Waals surface area contributed by atoms with E-state index < -0.39 is 0 Å². The van der Waals surface area contributed by atoms with Crippen molar-refractivity contribution in [3.05, 3.63) is 52.4 Å². The van der Waals surface area contributed by atoms with Gasteiger partial charge in [0.1, 0.15) is 5.75 Å². The van der Waals surface area contributed by atoms with Crippen molar-refractivity contribution in [2.45, 2.75) is 18.9 Å². The van der Waals surface area contributed by atoms with Crippen molar-refractivity contribution in [3.63, 3.8) is 0 Å².